The summed E-state index contributed by atoms with van der Waals surface area (Å²) in [7, 11) is 1.29. The van der Waals surface area contributed by atoms with Gasteiger partial charge in [0.15, 0.2) is 0 Å². The molecule has 1 heterocycles. The smallest absolute Gasteiger partial charge is 0.339 e. The molecular formula is C10H8FNO2. The van der Waals surface area contributed by atoms with E-state index in [0.717, 1.165) is 0 Å². The minimum atomic E-state index is -0.475. The molecule has 0 unspecified atom stereocenters. The van der Waals surface area contributed by atoms with E-state index in [0.29, 0.717) is 16.5 Å². The van der Waals surface area contributed by atoms with Gasteiger partial charge in [-0.3, -0.25) is 0 Å². The van der Waals surface area contributed by atoms with Crippen LogP contribution >= 0.6 is 0 Å². The van der Waals surface area contributed by atoms with Crippen LogP contribution in [0.15, 0.2) is 24.4 Å². The number of methoxy groups -OCH3 is 1. The molecule has 4 heteroatoms. The van der Waals surface area contributed by atoms with Gasteiger partial charge in [-0.15, -0.1) is 0 Å². The molecule has 2 aromatic rings. The summed E-state index contributed by atoms with van der Waals surface area (Å²) in [6, 6.07) is 4.24. The second-order valence-electron chi connectivity index (χ2n) is 2.85. The number of fused-ring (bicyclic) bond motifs is 1. The average molecular weight is 193 g/mol. The number of carbonyl (C=O) groups is 1. The Morgan fingerprint density at radius 2 is 2.21 bits per heavy atom. The number of aromatic amines is 1. The molecule has 0 spiro atoms. The molecule has 0 atom stereocenters. The van der Waals surface area contributed by atoms with Crippen LogP contribution in [-0.2, 0) is 4.74 Å². The highest BCUT2D eigenvalue weighted by Gasteiger charge is 2.13. The maximum atomic E-state index is 13.2. The molecule has 0 saturated heterocycles. The molecular weight excluding hydrogens is 185 g/mol. The Balaban J connectivity index is 2.72. The molecule has 1 aromatic carbocycles. The maximum absolute atomic E-state index is 13.2. The van der Waals surface area contributed by atoms with Crippen LogP contribution in [-0.4, -0.2) is 18.1 Å². The van der Waals surface area contributed by atoms with Gasteiger partial charge in [0.1, 0.15) is 5.82 Å². The topological polar surface area (TPSA) is 42.1 Å². The predicted molar refractivity (Wildman–Crippen MR) is 49.6 cm³/mol. The summed E-state index contributed by atoms with van der Waals surface area (Å²) < 4.78 is 17.8. The molecule has 2 rings (SSSR count). The number of carbonyl (C=O) groups excluding carboxylic acids is 1. The van der Waals surface area contributed by atoms with E-state index in [4.69, 9.17) is 0 Å². The Hall–Kier alpha value is -1.84. The molecule has 0 radical (unpaired) electrons. The highest BCUT2D eigenvalue weighted by Crippen LogP contribution is 2.20. The lowest BCUT2D eigenvalue weighted by molar-refractivity contribution is 0.0603. The quantitative estimate of drug-likeness (QED) is 0.704. The third-order valence-electron chi connectivity index (χ3n) is 2.08. The van der Waals surface area contributed by atoms with Gasteiger partial charge >= 0.3 is 5.97 Å². The number of hydrogen-bond acceptors (Lipinski definition) is 2. The molecule has 0 saturated carbocycles. The number of esters is 1. The van der Waals surface area contributed by atoms with Crippen LogP contribution in [0.5, 0.6) is 0 Å². The first kappa shape index (κ1) is 8.74. The van der Waals surface area contributed by atoms with Crippen LogP contribution in [0.2, 0.25) is 0 Å². The highest BCUT2D eigenvalue weighted by atomic mass is 19.1. The Morgan fingerprint density at radius 1 is 1.43 bits per heavy atom. The summed E-state index contributed by atoms with van der Waals surface area (Å²) in [5.74, 6) is -0.827. The van der Waals surface area contributed by atoms with Gasteiger partial charge in [-0.1, -0.05) is 0 Å². The molecule has 0 bridgehead atoms. The molecule has 1 N–H and O–H groups in total. The van der Waals surface area contributed by atoms with Crippen molar-refractivity contribution >= 4 is 16.9 Å². The van der Waals surface area contributed by atoms with Gasteiger partial charge in [0, 0.05) is 11.6 Å². The number of aromatic nitrogens is 1. The first-order chi connectivity index (χ1) is 6.74. The zero-order chi connectivity index (χ0) is 10.1. The number of rotatable bonds is 1. The summed E-state index contributed by atoms with van der Waals surface area (Å²) >= 11 is 0. The van der Waals surface area contributed by atoms with E-state index in [1.54, 1.807) is 12.3 Å². The first-order valence-electron chi connectivity index (χ1n) is 4.08. The van der Waals surface area contributed by atoms with Crippen molar-refractivity contribution in [3.05, 3.63) is 35.8 Å². The van der Waals surface area contributed by atoms with E-state index >= 15 is 0 Å². The zero-order valence-electron chi connectivity index (χ0n) is 7.50. The van der Waals surface area contributed by atoms with Crippen LogP contribution in [0.4, 0.5) is 4.39 Å². The monoisotopic (exact) mass is 193 g/mol. The third-order valence-corrected chi connectivity index (χ3v) is 2.08. The van der Waals surface area contributed by atoms with E-state index in [1.807, 2.05) is 0 Å². The molecule has 0 aliphatic rings. The summed E-state index contributed by atoms with van der Waals surface area (Å²) in [5.41, 5.74) is 0.811. The number of H-pyrrole nitrogens is 1. The average Bonchev–Trinajstić information content (AvgIpc) is 2.67. The standard InChI is InChI=1S/C10H8FNO2/c1-14-10(13)7-2-3-8(11)6-4-5-12-9(6)7/h2-5,12H,1H3. The van der Waals surface area contributed by atoms with E-state index < -0.39 is 5.97 Å². The van der Waals surface area contributed by atoms with Gasteiger partial charge in [-0.25, -0.2) is 9.18 Å². The number of hydrogen-bond donors (Lipinski definition) is 1. The minimum Gasteiger partial charge on any atom is -0.465 e. The number of benzene rings is 1. The van der Waals surface area contributed by atoms with Gasteiger partial charge in [0.2, 0.25) is 0 Å². The van der Waals surface area contributed by atoms with Crippen molar-refractivity contribution in [2.75, 3.05) is 7.11 Å². The van der Waals surface area contributed by atoms with Gasteiger partial charge < -0.3 is 9.72 Å². The largest absolute Gasteiger partial charge is 0.465 e. The van der Waals surface area contributed by atoms with Crippen molar-refractivity contribution in [3.63, 3.8) is 0 Å². The van der Waals surface area contributed by atoms with Crippen molar-refractivity contribution in [3.8, 4) is 0 Å². The molecule has 3 nitrogen and oxygen atoms in total. The van der Waals surface area contributed by atoms with E-state index in [-0.39, 0.29) is 5.82 Å². The summed E-state index contributed by atoms with van der Waals surface area (Å²) in [6.07, 6.45) is 1.58. The lowest BCUT2D eigenvalue weighted by Gasteiger charge is -2.01. The minimum absolute atomic E-state index is 0.342. The summed E-state index contributed by atoms with van der Waals surface area (Å²) in [5, 5.41) is 0.396. The molecule has 14 heavy (non-hydrogen) atoms. The fraction of sp³-hybridized carbons (Fsp3) is 0.100. The summed E-state index contributed by atoms with van der Waals surface area (Å²) in [4.78, 5) is 14.1. The lowest BCUT2D eigenvalue weighted by atomic mass is 10.1. The normalized spacial score (nSPS) is 10.4. The molecule has 72 valence electrons. The Labute approximate surface area is 79.5 Å². The van der Waals surface area contributed by atoms with Crippen molar-refractivity contribution in [1.82, 2.24) is 4.98 Å². The SMILES string of the molecule is COC(=O)c1ccc(F)c2cc[nH]c12. The van der Waals surface area contributed by atoms with Crippen LogP contribution in [0, 0.1) is 5.82 Å². The summed E-state index contributed by atoms with van der Waals surface area (Å²) in [6.45, 7) is 0. The fourth-order valence-electron chi connectivity index (χ4n) is 1.40. The van der Waals surface area contributed by atoms with Crippen molar-refractivity contribution in [1.29, 1.82) is 0 Å². The van der Waals surface area contributed by atoms with E-state index in [2.05, 4.69) is 9.72 Å². The van der Waals surface area contributed by atoms with Gasteiger partial charge in [-0.05, 0) is 18.2 Å². The number of nitrogens with one attached hydrogen (secondary N) is 1. The Kier molecular flexibility index (Phi) is 1.96. The van der Waals surface area contributed by atoms with Gasteiger partial charge in [-0.2, -0.15) is 0 Å². The lowest BCUT2D eigenvalue weighted by Crippen LogP contribution is -2.02. The van der Waals surface area contributed by atoms with Gasteiger partial charge in [0.05, 0.1) is 18.2 Å². The molecule has 1 aromatic heterocycles. The molecule has 0 aliphatic carbocycles. The van der Waals surface area contributed by atoms with Crippen LogP contribution < -0.4 is 0 Å². The van der Waals surface area contributed by atoms with Gasteiger partial charge in [0.25, 0.3) is 0 Å². The third kappa shape index (κ3) is 1.16. The maximum Gasteiger partial charge on any atom is 0.339 e. The highest BCUT2D eigenvalue weighted by molar-refractivity contribution is 6.03. The fourth-order valence-corrected chi connectivity index (χ4v) is 1.40. The second-order valence-corrected chi connectivity index (χ2v) is 2.85. The number of ether oxygens (including phenoxy) is 1. The van der Waals surface area contributed by atoms with Crippen molar-refractivity contribution in [2.45, 2.75) is 0 Å². The molecule has 0 aliphatic heterocycles. The zero-order valence-corrected chi connectivity index (χ0v) is 7.50. The van der Waals surface area contributed by atoms with E-state index in [9.17, 15) is 9.18 Å². The Morgan fingerprint density at radius 3 is 2.93 bits per heavy atom. The van der Waals surface area contributed by atoms with E-state index in [1.165, 1.54) is 19.2 Å². The Bertz CT molecular complexity index is 490. The van der Waals surface area contributed by atoms with Crippen molar-refractivity contribution < 1.29 is 13.9 Å². The van der Waals surface area contributed by atoms with Crippen LogP contribution in [0.25, 0.3) is 10.9 Å². The van der Waals surface area contributed by atoms with Crippen LogP contribution in [0.1, 0.15) is 10.4 Å². The predicted octanol–water partition coefficient (Wildman–Crippen LogP) is 2.09. The van der Waals surface area contributed by atoms with Crippen LogP contribution in [0.3, 0.4) is 0 Å². The van der Waals surface area contributed by atoms with Crippen molar-refractivity contribution in [2.24, 2.45) is 0 Å². The molecule has 0 amide bonds. The second kappa shape index (κ2) is 3.14. The number of halogens is 1. The molecule has 0 fully saturated rings. The first-order valence-corrected chi connectivity index (χ1v) is 4.08.